The van der Waals surface area contributed by atoms with E-state index in [1.165, 1.54) is 12.1 Å². The van der Waals surface area contributed by atoms with Gasteiger partial charge in [0.05, 0.1) is 11.1 Å². The molecule has 0 spiro atoms. The minimum atomic E-state index is -4.73. The topological polar surface area (TPSA) is 52.0 Å². The molecule has 0 radical (unpaired) electrons. The molecule has 26 heavy (non-hydrogen) atoms. The van der Waals surface area contributed by atoms with Gasteiger partial charge in [-0.1, -0.05) is 44.0 Å². The van der Waals surface area contributed by atoms with E-state index in [0.717, 1.165) is 24.3 Å². The molecule has 0 amide bonds. The molecule has 4 N–H and O–H groups in total. The third-order valence-corrected chi connectivity index (χ3v) is 4.73. The van der Waals surface area contributed by atoms with Crippen LogP contribution in [0.5, 0.6) is 0 Å². The largest absolute Gasteiger partial charge is 0.416 e. The second-order valence-corrected chi connectivity index (χ2v) is 7.34. The first-order valence-electron chi connectivity index (χ1n) is 7.07. The number of alkyl halides is 6. The molecule has 0 aliphatic heterocycles. The van der Waals surface area contributed by atoms with Gasteiger partial charge in [0.1, 0.15) is 0 Å². The van der Waals surface area contributed by atoms with Crippen molar-refractivity contribution in [3.8, 4) is 0 Å². The van der Waals surface area contributed by atoms with Crippen LogP contribution in [0.1, 0.15) is 34.3 Å². The number of benzene rings is 2. The third kappa shape index (κ3) is 4.59. The van der Waals surface area contributed by atoms with Crippen molar-refractivity contribution in [3.63, 3.8) is 0 Å². The number of halogens is 8. The summed E-state index contributed by atoms with van der Waals surface area (Å²) in [6.45, 7) is 0. The second kappa shape index (κ2) is 7.49. The van der Waals surface area contributed by atoms with Crippen molar-refractivity contribution < 1.29 is 26.3 Å². The van der Waals surface area contributed by atoms with Gasteiger partial charge in [0.25, 0.3) is 0 Å². The Hall–Kier alpha value is -1.10. The Morgan fingerprint density at radius 2 is 0.962 bits per heavy atom. The predicted octanol–water partition coefficient (Wildman–Crippen LogP) is 5.95. The van der Waals surface area contributed by atoms with Crippen molar-refractivity contribution in [1.82, 2.24) is 0 Å². The molecule has 2 aromatic rings. The monoisotopic (exact) mass is 504 g/mol. The summed E-state index contributed by atoms with van der Waals surface area (Å²) in [4.78, 5) is 0. The van der Waals surface area contributed by atoms with Gasteiger partial charge < -0.3 is 11.5 Å². The van der Waals surface area contributed by atoms with Crippen LogP contribution < -0.4 is 11.5 Å². The van der Waals surface area contributed by atoms with E-state index >= 15 is 0 Å². The molecule has 0 aliphatic rings. The zero-order valence-corrected chi connectivity index (χ0v) is 16.0. The zero-order valence-electron chi connectivity index (χ0n) is 12.8. The standard InChI is InChI=1S/C16H12Br2F6N2/c17-7-1-3-9(11(5-7)15(19,20)21)13(25)14(26)10-4-2-8(18)6-12(10)16(22,23)24/h1-6,13-14H,25-26H2. The molecule has 2 unspecified atom stereocenters. The number of nitrogens with two attached hydrogens (primary N) is 2. The van der Waals surface area contributed by atoms with Gasteiger partial charge in [-0.25, -0.2) is 0 Å². The summed E-state index contributed by atoms with van der Waals surface area (Å²) in [7, 11) is 0. The zero-order chi connectivity index (χ0) is 19.9. The molecule has 2 atom stereocenters. The van der Waals surface area contributed by atoms with Gasteiger partial charge in [0.2, 0.25) is 0 Å². The van der Waals surface area contributed by atoms with Gasteiger partial charge in [0, 0.05) is 21.0 Å². The summed E-state index contributed by atoms with van der Waals surface area (Å²) in [5, 5.41) is 0. The molecular weight excluding hydrogens is 494 g/mol. The fourth-order valence-electron chi connectivity index (χ4n) is 2.52. The van der Waals surface area contributed by atoms with Crippen LogP contribution in [0.4, 0.5) is 26.3 Å². The quantitative estimate of drug-likeness (QED) is 0.506. The SMILES string of the molecule is NC(c1ccc(Br)cc1C(F)(F)F)C(N)c1ccc(Br)cc1C(F)(F)F. The first-order valence-corrected chi connectivity index (χ1v) is 8.65. The predicted molar refractivity (Wildman–Crippen MR) is 92.1 cm³/mol. The molecule has 0 saturated heterocycles. The van der Waals surface area contributed by atoms with Crippen LogP contribution in [-0.4, -0.2) is 0 Å². The van der Waals surface area contributed by atoms with Gasteiger partial charge in [-0.2, -0.15) is 26.3 Å². The van der Waals surface area contributed by atoms with E-state index in [2.05, 4.69) is 31.9 Å². The Morgan fingerprint density at radius 3 is 1.23 bits per heavy atom. The van der Waals surface area contributed by atoms with Crippen molar-refractivity contribution in [2.45, 2.75) is 24.4 Å². The van der Waals surface area contributed by atoms with Gasteiger partial charge in [-0.05, 0) is 35.4 Å². The highest BCUT2D eigenvalue weighted by atomic mass is 79.9. The maximum Gasteiger partial charge on any atom is 0.416 e. The van der Waals surface area contributed by atoms with E-state index in [9.17, 15) is 26.3 Å². The number of hydrogen-bond acceptors (Lipinski definition) is 2. The highest BCUT2D eigenvalue weighted by Gasteiger charge is 2.39. The lowest BCUT2D eigenvalue weighted by atomic mass is 9.89. The lowest BCUT2D eigenvalue weighted by Crippen LogP contribution is -2.30. The normalized spacial score (nSPS) is 15.0. The fraction of sp³-hybridized carbons (Fsp3) is 0.250. The van der Waals surface area contributed by atoms with Crippen LogP contribution in [-0.2, 0) is 12.4 Å². The van der Waals surface area contributed by atoms with Crippen molar-refractivity contribution in [1.29, 1.82) is 0 Å². The van der Waals surface area contributed by atoms with Crippen LogP contribution in [0.25, 0.3) is 0 Å². The molecule has 0 aliphatic carbocycles. The minimum Gasteiger partial charge on any atom is -0.322 e. The molecule has 0 bridgehead atoms. The lowest BCUT2D eigenvalue weighted by molar-refractivity contribution is -0.139. The molecule has 0 heterocycles. The highest BCUT2D eigenvalue weighted by Crippen LogP contribution is 2.41. The molecule has 0 fully saturated rings. The van der Waals surface area contributed by atoms with Crippen LogP contribution >= 0.6 is 31.9 Å². The maximum atomic E-state index is 13.3. The second-order valence-electron chi connectivity index (χ2n) is 5.51. The molecule has 142 valence electrons. The minimum absolute atomic E-state index is 0.161. The molecule has 0 aromatic heterocycles. The van der Waals surface area contributed by atoms with E-state index in [1.807, 2.05) is 0 Å². The summed E-state index contributed by atoms with van der Waals surface area (Å²) in [5.41, 5.74) is 8.82. The molecule has 10 heteroatoms. The van der Waals surface area contributed by atoms with Crippen molar-refractivity contribution >= 4 is 31.9 Å². The number of hydrogen-bond donors (Lipinski definition) is 2. The summed E-state index contributed by atoms with van der Waals surface area (Å²) in [6, 6.07) is 3.48. The van der Waals surface area contributed by atoms with Crippen molar-refractivity contribution in [3.05, 3.63) is 67.6 Å². The van der Waals surface area contributed by atoms with Crippen LogP contribution in [0.15, 0.2) is 45.3 Å². The van der Waals surface area contributed by atoms with Gasteiger partial charge in [0.15, 0.2) is 0 Å². The summed E-state index contributed by atoms with van der Waals surface area (Å²) in [5.74, 6) is 0. The maximum absolute atomic E-state index is 13.3. The summed E-state index contributed by atoms with van der Waals surface area (Å²) < 4.78 is 80.0. The average Bonchev–Trinajstić information content (AvgIpc) is 2.51. The smallest absolute Gasteiger partial charge is 0.322 e. The van der Waals surface area contributed by atoms with Crippen LogP contribution in [0.2, 0.25) is 0 Å². The van der Waals surface area contributed by atoms with E-state index in [4.69, 9.17) is 11.5 Å². The Kier molecular flexibility index (Phi) is 6.11. The van der Waals surface area contributed by atoms with Crippen molar-refractivity contribution in [2.75, 3.05) is 0 Å². The van der Waals surface area contributed by atoms with E-state index in [0.29, 0.717) is 0 Å². The molecule has 2 rings (SSSR count). The Labute approximate surface area is 161 Å². The average molecular weight is 506 g/mol. The summed E-state index contributed by atoms with van der Waals surface area (Å²) >= 11 is 5.88. The molecular formula is C16H12Br2F6N2. The third-order valence-electron chi connectivity index (χ3n) is 3.75. The van der Waals surface area contributed by atoms with Gasteiger partial charge >= 0.3 is 12.4 Å². The molecule has 0 saturated carbocycles. The van der Waals surface area contributed by atoms with Crippen LogP contribution in [0.3, 0.4) is 0 Å². The Balaban J connectivity index is 2.55. The first kappa shape index (κ1) is 21.2. The molecule has 2 nitrogen and oxygen atoms in total. The fourth-order valence-corrected chi connectivity index (χ4v) is 3.24. The van der Waals surface area contributed by atoms with Gasteiger partial charge in [-0.15, -0.1) is 0 Å². The van der Waals surface area contributed by atoms with Crippen LogP contribution in [0, 0.1) is 0 Å². The van der Waals surface area contributed by atoms with E-state index < -0.39 is 35.6 Å². The molecule has 2 aromatic carbocycles. The summed E-state index contributed by atoms with van der Waals surface area (Å²) in [6.07, 6.45) is -9.47. The first-order chi connectivity index (χ1) is 11.8. The van der Waals surface area contributed by atoms with E-state index in [1.54, 1.807) is 0 Å². The number of rotatable bonds is 3. The Morgan fingerprint density at radius 1 is 0.654 bits per heavy atom. The lowest BCUT2D eigenvalue weighted by Gasteiger charge is -2.26. The van der Waals surface area contributed by atoms with E-state index in [-0.39, 0.29) is 20.1 Å². The van der Waals surface area contributed by atoms with Crippen molar-refractivity contribution in [2.24, 2.45) is 11.5 Å². The highest BCUT2D eigenvalue weighted by molar-refractivity contribution is 9.10. The van der Waals surface area contributed by atoms with Gasteiger partial charge in [-0.3, -0.25) is 0 Å². The Bertz CT molecular complexity index is 737.